The molecule has 0 aliphatic rings. The summed E-state index contributed by atoms with van der Waals surface area (Å²) in [7, 11) is 0. The number of nitrogens with zero attached hydrogens (tertiary/aromatic N) is 2. The minimum absolute atomic E-state index is 0.0499. The van der Waals surface area contributed by atoms with Crippen LogP contribution in [0.15, 0.2) is 0 Å². The molecule has 0 saturated heterocycles. The second-order valence-electron chi connectivity index (χ2n) is 6.66. The molecule has 0 aliphatic carbocycles. The number of carboxylic acid groups (broad SMARTS) is 1. The van der Waals surface area contributed by atoms with Gasteiger partial charge < -0.3 is 35.9 Å². The monoisotopic (exact) mass is 495 g/mol. The number of ether oxygens (including phenoxy) is 1. The van der Waals surface area contributed by atoms with Gasteiger partial charge in [-0.15, -0.1) is 20.2 Å². The highest BCUT2D eigenvalue weighted by Crippen LogP contribution is 2.05. The van der Waals surface area contributed by atoms with Gasteiger partial charge in [0.2, 0.25) is 11.7 Å². The van der Waals surface area contributed by atoms with Gasteiger partial charge in [-0.25, -0.2) is 4.79 Å². The van der Waals surface area contributed by atoms with E-state index in [4.69, 9.17) is 15.6 Å². The number of carboxylic acids is 1. The lowest BCUT2D eigenvalue weighted by Crippen LogP contribution is -2.44. The zero-order chi connectivity index (χ0) is 26.3. The van der Waals surface area contributed by atoms with E-state index in [1.54, 1.807) is 0 Å². The van der Waals surface area contributed by atoms with E-state index >= 15 is 0 Å². The van der Waals surface area contributed by atoms with Crippen LogP contribution in [0.25, 0.3) is 0 Å². The molecule has 0 aromatic heterocycles. The molecule has 0 aromatic rings. The molecule has 0 heterocycles. The van der Waals surface area contributed by atoms with Crippen molar-refractivity contribution in [3.8, 4) is 0 Å². The van der Waals surface area contributed by atoms with Crippen molar-refractivity contribution in [2.45, 2.75) is 50.8 Å². The molecule has 0 rings (SSSR count). The van der Waals surface area contributed by atoms with E-state index in [-0.39, 0.29) is 32.2 Å². The number of amides is 2. The molecule has 2 amide bonds. The van der Waals surface area contributed by atoms with Crippen molar-refractivity contribution < 1.29 is 53.7 Å². The summed E-state index contributed by atoms with van der Waals surface area (Å²) in [6.07, 6.45) is -2.30. The van der Waals surface area contributed by atoms with Crippen LogP contribution < -0.4 is 16.4 Å². The zero-order valence-corrected chi connectivity index (χ0v) is 18.0. The lowest BCUT2D eigenvalue weighted by Gasteiger charge is -2.20. The molecular formula is C16H25N5O13. The van der Waals surface area contributed by atoms with Crippen molar-refractivity contribution in [2.24, 2.45) is 5.73 Å². The molecule has 0 unspecified atom stereocenters. The minimum atomic E-state index is -1.65. The third kappa shape index (κ3) is 14.1. The Hall–Kier alpha value is -4.09. The first-order chi connectivity index (χ1) is 15.8. The SMILES string of the molecule is CC(=O)C(=O)NCCC[C@H](NC(=O)CC[C@H](N)C(=O)O)C(=O)OC[C@@H](CO[N+](=O)[O-])O[N+](=O)[O-]. The summed E-state index contributed by atoms with van der Waals surface area (Å²) in [6.45, 7) is -0.775. The van der Waals surface area contributed by atoms with Crippen molar-refractivity contribution >= 4 is 29.5 Å². The van der Waals surface area contributed by atoms with Crippen LogP contribution in [0.1, 0.15) is 32.6 Å². The number of carbonyl (C=O) groups excluding carboxylic acids is 4. The number of nitrogens with two attached hydrogens (primary N) is 1. The third-order valence-electron chi connectivity index (χ3n) is 3.91. The van der Waals surface area contributed by atoms with Crippen molar-refractivity contribution in [3.63, 3.8) is 0 Å². The van der Waals surface area contributed by atoms with Gasteiger partial charge in [-0.2, -0.15) is 0 Å². The van der Waals surface area contributed by atoms with Crippen LogP contribution in [0.4, 0.5) is 0 Å². The van der Waals surface area contributed by atoms with Gasteiger partial charge >= 0.3 is 11.9 Å². The number of Topliss-reactive ketones (excluding diaryl/α,β-unsaturated/α-hetero) is 1. The minimum Gasteiger partial charge on any atom is -0.480 e. The van der Waals surface area contributed by atoms with Crippen LogP contribution in [0, 0.1) is 20.2 Å². The van der Waals surface area contributed by atoms with Gasteiger partial charge in [0, 0.05) is 19.9 Å². The van der Waals surface area contributed by atoms with Crippen molar-refractivity contribution in [3.05, 3.63) is 20.2 Å². The van der Waals surface area contributed by atoms with E-state index in [2.05, 4.69) is 20.3 Å². The maximum atomic E-state index is 12.4. The molecule has 0 radical (unpaired) electrons. The molecule has 0 spiro atoms. The number of hydrogen-bond acceptors (Lipinski definition) is 13. The average Bonchev–Trinajstić information content (AvgIpc) is 2.74. The first-order valence-electron chi connectivity index (χ1n) is 9.65. The number of ketones is 1. The molecule has 192 valence electrons. The molecule has 0 fully saturated rings. The molecule has 18 nitrogen and oxygen atoms in total. The van der Waals surface area contributed by atoms with E-state index < -0.39 is 71.1 Å². The highest BCUT2D eigenvalue weighted by molar-refractivity contribution is 6.35. The van der Waals surface area contributed by atoms with Gasteiger partial charge in [0.15, 0.2) is 6.10 Å². The van der Waals surface area contributed by atoms with Crippen molar-refractivity contribution in [1.29, 1.82) is 0 Å². The maximum Gasteiger partial charge on any atom is 0.328 e. The van der Waals surface area contributed by atoms with Gasteiger partial charge in [-0.3, -0.25) is 19.2 Å². The van der Waals surface area contributed by atoms with Gasteiger partial charge in [0.05, 0.1) is 0 Å². The van der Waals surface area contributed by atoms with Crippen LogP contribution in [-0.2, 0) is 38.4 Å². The normalized spacial score (nSPS) is 12.9. The molecule has 0 saturated carbocycles. The van der Waals surface area contributed by atoms with Crippen LogP contribution in [0.2, 0.25) is 0 Å². The second kappa shape index (κ2) is 15.7. The van der Waals surface area contributed by atoms with Gasteiger partial charge in [-0.1, -0.05) is 0 Å². The predicted molar refractivity (Wildman–Crippen MR) is 105 cm³/mol. The quantitative estimate of drug-likeness (QED) is 0.0502. The summed E-state index contributed by atoms with van der Waals surface area (Å²) in [4.78, 5) is 86.2. The van der Waals surface area contributed by atoms with E-state index in [0.717, 1.165) is 6.92 Å². The van der Waals surface area contributed by atoms with Gasteiger partial charge in [0.1, 0.15) is 25.3 Å². The Kier molecular flexibility index (Phi) is 13.8. The molecule has 18 heteroatoms. The molecule has 5 N–H and O–H groups in total. The maximum absolute atomic E-state index is 12.4. The average molecular weight is 495 g/mol. The van der Waals surface area contributed by atoms with E-state index in [9.17, 15) is 44.2 Å². The summed E-state index contributed by atoms with van der Waals surface area (Å²) in [5.41, 5.74) is 5.31. The highest BCUT2D eigenvalue weighted by Gasteiger charge is 2.25. The lowest BCUT2D eigenvalue weighted by molar-refractivity contribution is -0.790. The number of esters is 1. The van der Waals surface area contributed by atoms with Crippen LogP contribution in [-0.4, -0.2) is 82.8 Å². The van der Waals surface area contributed by atoms with E-state index in [0.29, 0.717) is 0 Å². The third-order valence-corrected chi connectivity index (χ3v) is 3.91. The molecule has 0 aromatic carbocycles. The standard InChI is InChI=1S/C16H25N5O13/c1-9(22)14(24)18-6-2-3-12(19-13(23)5-4-11(17)15(25)26)16(27)32-7-10(34-21(30)31)8-33-20(28)29/h10-12H,2-8,17H2,1H3,(H,18,24)(H,19,23)(H,25,26)/t10-,11-,12-/m0/s1. The summed E-state index contributed by atoms with van der Waals surface area (Å²) in [6, 6.07) is -2.67. The van der Waals surface area contributed by atoms with Gasteiger partial charge in [-0.05, 0) is 19.3 Å². The van der Waals surface area contributed by atoms with Crippen LogP contribution >= 0.6 is 0 Å². The smallest absolute Gasteiger partial charge is 0.328 e. The molecule has 3 atom stereocenters. The fourth-order valence-electron chi connectivity index (χ4n) is 2.21. The Morgan fingerprint density at radius 2 is 1.71 bits per heavy atom. The summed E-state index contributed by atoms with van der Waals surface area (Å²) < 4.78 is 4.83. The van der Waals surface area contributed by atoms with E-state index in [1.807, 2.05) is 0 Å². The number of rotatable bonds is 18. The number of hydrogen-bond donors (Lipinski definition) is 4. The predicted octanol–water partition coefficient (Wildman–Crippen LogP) is -2.52. The fraction of sp³-hybridized carbons (Fsp3) is 0.688. The molecule has 0 aliphatic heterocycles. The first-order valence-corrected chi connectivity index (χ1v) is 9.65. The second-order valence-corrected chi connectivity index (χ2v) is 6.66. The Morgan fingerprint density at radius 1 is 1.06 bits per heavy atom. The Labute approximate surface area is 191 Å². The van der Waals surface area contributed by atoms with Crippen LogP contribution in [0.5, 0.6) is 0 Å². The van der Waals surface area contributed by atoms with Crippen molar-refractivity contribution in [2.75, 3.05) is 19.8 Å². The molecule has 0 bridgehead atoms. The van der Waals surface area contributed by atoms with Crippen molar-refractivity contribution in [1.82, 2.24) is 10.6 Å². The molecular weight excluding hydrogens is 470 g/mol. The number of carbonyl (C=O) groups is 5. The van der Waals surface area contributed by atoms with Gasteiger partial charge in [0.25, 0.3) is 16.1 Å². The summed E-state index contributed by atoms with van der Waals surface area (Å²) in [5, 5.41) is 31.5. The summed E-state index contributed by atoms with van der Waals surface area (Å²) >= 11 is 0. The topological polar surface area (TPSA) is 270 Å². The number of nitrogens with one attached hydrogen (secondary N) is 2. The Morgan fingerprint density at radius 3 is 2.24 bits per heavy atom. The Bertz CT molecular complexity index is 774. The molecule has 34 heavy (non-hydrogen) atoms. The zero-order valence-electron chi connectivity index (χ0n) is 18.0. The van der Waals surface area contributed by atoms with Crippen LogP contribution in [0.3, 0.4) is 0 Å². The number of aliphatic carboxylic acids is 1. The Balaban J connectivity index is 5.04. The van der Waals surface area contributed by atoms with E-state index in [1.165, 1.54) is 0 Å². The lowest BCUT2D eigenvalue weighted by atomic mass is 10.1. The largest absolute Gasteiger partial charge is 0.480 e. The highest BCUT2D eigenvalue weighted by atomic mass is 17.0. The first kappa shape index (κ1) is 29.9. The summed E-state index contributed by atoms with van der Waals surface area (Å²) in [5.74, 6) is -4.81. The fourth-order valence-corrected chi connectivity index (χ4v) is 2.21.